The van der Waals surface area contributed by atoms with Crippen molar-refractivity contribution in [3.8, 4) is 0 Å². The van der Waals surface area contributed by atoms with Gasteiger partial charge in [-0.05, 0) is 22.0 Å². The van der Waals surface area contributed by atoms with Crippen LogP contribution in [-0.4, -0.2) is 0 Å². The fourth-order valence-corrected chi connectivity index (χ4v) is 2.93. The molecule has 0 saturated carbocycles. The smallest absolute Gasteiger partial charge is 0.00567 e. The van der Waals surface area contributed by atoms with Gasteiger partial charge in [-0.1, -0.05) is 76.2 Å². The Kier molecular flexibility index (Phi) is 3.48. The van der Waals surface area contributed by atoms with Crippen LogP contribution in [0.25, 0.3) is 0 Å². The summed E-state index contributed by atoms with van der Waals surface area (Å²) in [7, 11) is 0. The molecule has 1 aromatic carbocycles. The molecule has 0 atom stereocenters. The molecule has 2 aromatic heterocycles. The van der Waals surface area contributed by atoms with E-state index in [9.17, 15) is 0 Å². The van der Waals surface area contributed by atoms with E-state index in [0.717, 1.165) is 11.4 Å². The molecule has 0 aliphatic carbocycles. The summed E-state index contributed by atoms with van der Waals surface area (Å²) in [6, 6.07) is 17.0. The van der Waals surface area contributed by atoms with Crippen LogP contribution in [0.4, 0.5) is 0 Å². The Labute approximate surface area is 132 Å². The third-order valence-electron chi connectivity index (χ3n) is 4.69. The van der Waals surface area contributed by atoms with E-state index in [1.54, 1.807) is 0 Å². The van der Waals surface area contributed by atoms with Crippen molar-refractivity contribution in [1.29, 1.82) is 0 Å². The van der Waals surface area contributed by atoms with Crippen LogP contribution in [0.5, 0.6) is 0 Å². The molecule has 0 aliphatic heterocycles. The monoisotopic (exact) mass is 290 g/mol. The second-order valence-corrected chi connectivity index (χ2v) is 6.88. The maximum atomic E-state index is 4.49. The van der Waals surface area contributed by atoms with Crippen molar-refractivity contribution < 1.29 is 0 Å². The summed E-state index contributed by atoms with van der Waals surface area (Å²) in [6.07, 6.45) is 3.72. The van der Waals surface area contributed by atoms with Gasteiger partial charge >= 0.3 is 0 Å². The average Bonchev–Trinajstić information content (AvgIpc) is 3.20. The lowest BCUT2D eigenvalue weighted by molar-refractivity contribution is 0.597. The number of hydrogen-bond donors (Lipinski definition) is 0. The summed E-state index contributed by atoms with van der Waals surface area (Å²) in [5.41, 5.74) is 4.57. The van der Waals surface area contributed by atoms with E-state index in [-0.39, 0.29) is 10.8 Å². The SMILES string of the molecule is CC(C)(c1cccc(C(C)(C)c2ccc[n-]2)c1)c1ccc[n-]1. The minimum Gasteiger partial charge on any atom is -0.667 e. The maximum Gasteiger partial charge on any atom is -0.00567 e. The molecular weight excluding hydrogens is 268 g/mol. The molecule has 22 heavy (non-hydrogen) atoms. The zero-order chi connectivity index (χ0) is 15.8. The van der Waals surface area contributed by atoms with Crippen LogP contribution in [0.15, 0.2) is 60.9 Å². The normalized spacial score (nSPS) is 12.5. The van der Waals surface area contributed by atoms with Crippen LogP contribution in [-0.2, 0) is 10.8 Å². The third kappa shape index (κ3) is 2.39. The largest absolute Gasteiger partial charge is 0.667 e. The Hall–Kier alpha value is -2.22. The second kappa shape index (κ2) is 5.20. The summed E-state index contributed by atoms with van der Waals surface area (Å²) in [5.74, 6) is 0. The molecule has 114 valence electrons. The van der Waals surface area contributed by atoms with Crippen molar-refractivity contribution in [2.24, 2.45) is 0 Å². The fourth-order valence-electron chi connectivity index (χ4n) is 2.93. The van der Waals surface area contributed by atoms with Gasteiger partial charge < -0.3 is 9.97 Å². The number of nitrogens with zero attached hydrogens (tertiary/aromatic N) is 2. The van der Waals surface area contributed by atoms with E-state index in [0.29, 0.717) is 0 Å². The number of benzene rings is 1. The second-order valence-electron chi connectivity index (χ2n) is 6.88. The zero-order valence-electron chi connectivity index (χ0n) is 13.7. The summed E-state index contributed by atoms with van der Waals surface area (Å²) >= 11 is 0. The Morgan fingerprint density at radius 1 is 0.636 bits per heavy atom. The molecule has 0 spiro atoms. The third-order valence-corrected chi connectivity index (χ3v) is 4.69. The van der Waals surface area contributed by atoms with E-state index in [1.807, 2.05) is 24.5 Å². The number of aromatic nitrogens is 2. The van der Waals surface area contributed by atoms with Crippen molar-refractivity contribution in [1.82, 2.24) is 9.97 Å². The molecule has 0 unspecified atom stereocenters. The first kappa shape index (κ1) is 14.7. The lowest BCUT2D eigenvalue weighted by atomic mass is 9.76. The lowest BCUT2D eigenvalue weighted by Crippen LogP contribution is -2.24. The van der Waals surface area contributed by atoms with Crippen LogP contribution in [0, 0.1) is 0 Å². The molecule has 0 saturated heterocycles. The first-order valence-corrected chi connectivity index (χ1v) is 7.70. The van der Waals surface area contributed by atoms with Gasteiger partial charge in [0.25, 0.3) is 0 Å². The van der Waals surface area contributed by atoms with Gasteiger partial charge in [0, 0.05) is 0 Å². The van der Waals surface area contributed by atoms with Crippen molar-refractivity contribution in [2.45, 2.75) is 38.5 Å². The summed E-state index contributed by atoms with van der Waals surface area (Å²) in [6.45, 7) is 8.90. The minimum absolute atomic E-state index is 0.102. The quantitative estimate of drug-likeness (QED) is 0.718. The molecule has 2 heteroatoms. The average molecular weight is 290 g/mol. The predicted octanol–water partition coefficient (Wildman–Crippen LogP) is 4.25. The van der Waals surface area contributed by atoms with Gasteiger partial charge in [0.05, 0.1) is 0 Å². The van der Waals surface area contributed by atoms with Gasteiger partial charge in [0.15, 0.2) is 0 Å². The van der Waals surface area contributed by atoms with Crippen LogP contribution in [0.3, 0.4) is 0 Å². The predicted molar refractivity (Wildman–Crippen MR) is 90.2 cm³/mol. The van der Waals surface area contributed by atoms with E-state index < -0.39 is 0 Å². The van der Waals surface area contributed by atoms with E-state index in [1.165, 1.54) is 11.1 Å². The lowest BCUT2D eigenvalue weighted by Gasteiger charge is -2.34. The van der Waals surface area contributed by atoms with Gasteiger partial charge in [-0.25, -0.2) is 0 Å². The molecule has 0 fully saturated rings. The highest BCUT2D eigenvalue weighted by Crippen LogP contribution is 2.35. The van der Waals surface area contributed by atoms with Gasteiger partial charge in [-0.15, -0.1) is 11.4 Å². The van der Waals surface area contributed by atoms with Crippen LogP contribution in [0.2, 0.25) is 0 Å². The highest BCUT2D eigenvalue weighted by molar-refractivity contribution is 5.41. The summed E-state index contributed by atoms with van der Waals surface area (Å²) in [4.78, 5) is 8.99. The molecule has 0 N–H and O–H groups in total. The molecule has 2 nitrogen and oxygen atoms in total. The minimum atomic E-state index is -0.102. The summed E-state index contributed by atoms with van der Waals surface area (Å²) < 4.78 is 0. The molecule has 3 aromatic rings. The van der Waals surface area contributed by atoms with Crippen LogP contribution >= 0.6 is 0 Å². The van der Waals surface area contributed by atoms with Crippen LogP contribution in [0.1, 0.15) is 50.2 Å². The highest BCUT2D eigenvalue weighted by atomic mass is 14.7. The number of rotatable bonds is 4. The van der Waals surface area contributed by atoms with Gasteiger partial charge in [-0.3, -0.25) is 0 Å². The Bertz CT molecular complexity index is 670. The molecule has 2 heterocycles. The molecule has 3 rings (SSSR count). The van der Waals surface area contributed by atoms with Gasteiger partial charge in [-0.2, -0.15) is 12.4 Å². The molecule has 0 amide bonds. The van der Waals surface area contributed by atoms with Crippen molar-refractivity contribution in [3.05, 3.63) is 83.4 Å². The van der Waals surface area contributed by atoms with Crippen molar-refractivity contribution >= 4 is 0 Å². The molecule has 0 aliphatic rings. The highest BCUT2D eigenvalue weighted by Gasteiger charge is 2.24. The van der Waals surface area contributed by atoms with Crippen molar-refractivity contribution in [3.63, 3.8) is 0 Å². The zero-order valence-corrected chi connectivity index (χ0v) is 13.7. The summed E-state index contributed by atoms with van der Waals surface area (Å²) in [5, 5.41) is 0. The maximum absolute atomic E-state index is 4.49. The first-order chi connectivity index (χ1) is 10.4. The van der Waals surface area contributed by atoms with E-state index in [4.69, 9.17) is 0 Å². The standard InChI is InChI=1S/C20H22N2/c1-19(2,17-10-6-12-21-17)15-8-5-9-16(14-15)20(3,4)18-11-7-13-22-18/h5-14H,1-4H3/q-2. The van der Waals surface area contributed by atoms with Gasteiger partial charge in [0.2, 0.25) is 0 Å². The molecule has 0 bridgehead atoms. The van der Waals surface area contributed by atoms with E-state index in [2.05, 4.69) is 74.1 Å². The Morgan fingerprint density at radius 3 is 1.45 bits per heavy atom. The van der Waals surface area contributed by atoms with Gasteiger partial charge in [0.1, 0.15) is 0 Å². The van der Waals surface area contributed by atoms with Crippen molar-refractivity contribution in [2.75, 3.05) is 0 Å². The van der Waals surface area contributed by atoms with Crippen LogP contribution < -0.4 is 9.97 Å². The number of hydrogen-bond acceptors (Lipinski definition) is 0. The Morgan fingerprint density at radius 2 is 1.09 bits per heavy atom. The molecule has 0 radical (unpaired) electrons. The first-order valence-electron chi connectivity index (χ1n) is 7.70. The Balaban J connectivity index is 2.04. The van der Waals surface area contributed by atoms with E-state index >= 15 is 0 Å². The molecular formula is C20H22N2-2. The topological polar surface area (TPSA) is 28.2 Å². The fraction of sp³-hybridized carbons (Fsp3) is 0.300.